The van der Waals surface area contributed by atoms with E-state index in [1.165, 1.54) is 24.5 Å². The number of amides is 1. The third-order valence-corrected chi connectivity index (χ3v) is 1.78. The predicted octanol–water partition coefficient (Wildman–Crippen LogP) is 1.60. The van der Waals surface area contributed by atoms with Crippen LogP contribution in [0.4, 0.5) is 17.6 Å². The third kappa shape index (κ3) is 2.91. The molecule has 1 N–H and O–H groups in total. The van der Waals surface area contributed by atoms with Crippen LogP contribution in [0.15, 0.2) is 24.5 Å². The van der Waals surface area contributed by atoms with E-state index in [1.807, 2.05) is 0 Å². The van der Waals surface area contributed by atoms with E-state index in [1.54, 1.807) is 5.32 Å². The number of rotatable bonds is 4. The highest BCUT2D eigenvalue weighted by Crippen LogP contribution is 2.22. The van der Waals surface area contributed by atoms with Crippen molar-refractivity contribution in [3.63, 3.8) is 0 Å². The first-order valence-electron chi connectivity index (χ1n) is 4.27. The maximum atomic E-state index is 12.5. The number of aromatic nitrogens is 1. The SMILES string of the molecule is O=C(NCc1ccncc1)C(F)(F)C(F)F. The normalized spacial score (nSPS) is 11.6. The van der Waals surface area contributed by atoms with Crippen molar-refractivity contribution in [1.29, 1.82) is 0 Å². The Balaban J connectivity index is 2.54. The minimum Gasteiger partial charge on any atom is -0.347 e. The summed E-state index contributed by atoms with van der Waals surface area (Å²) in [5.74, 6) is -6.65. The van der Waals surface area contributed by atoms with E-state index in [0.717, 1.165) is 0 Å². The molecule has 0 aliphatic heterocycles. The summed E-state index contributed by atoms with van der Waals surface area (Å²) >= 11 is 0. The molecule has 0 radical (unpaired) electrons. The number of carbonyl (C=O) groups excluding carboxylic acids is 1. The lowest BCUT2D eigenvalue weighted by Crippen LogP contribution is -2.44. The minimum absolute atomic E-state index is 0.246. The molecule has 16 heavy (non-hydrogen) atoms. The number of hydrogen-bond acceptors (Lipinski definition) is 2. The van der Waals surface area contributed by atoms with Crippen molar-refractivity contribution in [1.82, 2.24) is 10.3 Å². The van der Waals surface area contributed by atoms with Crippen molar-refractivity contribution in [3.05, 3.63) is 30.1 Å². The van der Waals surface area contributed by atoms with Crippen molar-refractivity contribution in [2.75, 3.05) is 0 Å². The molecule has 0 fully saturated rings. The molecule has 0 aliphatic carbocycles. The predicted molar refractivity (Wildman–Crippen MR) is 47.0 cm³/mol. The van der Waals surface area contributed by atoms with Crippen LogP contribution in [-0.4, -0.2) is 23.2 Å². The van der Waals surface area contributed by atoms with Gasteiger partial charge in [-0.15, -0.1) is 0 Å². The molecule has 0 atom stereocenters. The second-order valence-electron chi connectivity index (χ2n) is 2.96. The summed E-state index contributed by atoms with van der Waals surface area (Å²) in [4.78, 5) is 14.4. The van der Waals surface area contributed by atoms with Crippen LogP contribution in [-0.2, 0) is 11.3 Å². The van der Waals surface area contributed by atoms with Gasteiger partial charge in [-0.1, -0.05) is 0 Å². The highest BCUT2D eigenvalue weighted by atomic mass is 19.3. The molecule has 0 aromatic carbocycles. The molecule has 0 saturated heterocycles. The van der Waals surface area contributed by atoms with Crippen molar-refractivity contribution in [3.8, 4) is 0 Å². The van der Waals surface area contributed by atoms with Gasteiger partial charge in [0.25, 0.3) is 5.91 Å². The second-order valence-corrected chi connectivity index (χ2v) is 2.96. The van der Waals surface area contributed by atoms with Crippen molar-refractivity contribution in [2.24, 2.45) is 0 Å². The zero-order valence-corrected chi connectivity index (χ0v) is 7.96. The number of hydrogen-bond donors (Lipinski definition) is 1. The molecule has 88 valence electrons. The number of nitrogens with zero attached hydrogens (tertiary/aromatic N) is 1. The van der Waals surface area contributed by atoms with Gasteiger partial charge in [-0.3, -0.25) is 9.78 Å². The van der Waals surface area contributed by atoms with E-state index in [9.17, 15) is 22.4 Å². The molecule has 1 amide bonds. The molecule has 0 unspecified atom stereocenters. The van der Waals surface area contributed by atoms with Gasteiger partial charge in [-0.05, 0) is 17.7 Å². The highest BCUT2D eigenvalue weighted by Gasteiger charge is 2.48. The molecular weight excluding hydrogens is 228 g/mol. The molecule has 3 nitrogen and oxygen atoms in total. The summed E-state index contributed by atoms with van der Waals surface area (Å²) in [6.45, 7) is -0.246. The molecule has 0 spiro atoms. The van der Waals surface area contributed by atoms with Gasteiger partial charge >= 0.3 is 12.3 Å². The van der Waals surface area contributed by atoms with Crippen LogP contribution < -0.4 is 5.32 Å². The topological polar surface area (TPSA) is 42.0 Å². The van der Waals surface area contributed by atoms with E-state index in [2.05, 4.69) is 4.98 Å². The second kappa shape index (κ2) is 4.91. The summed E-state index contributed by atoms with van der Waals surface area (Å²) in [5.41, 5.74) is 0.494. The Morgan fingerprint density at radius 3 is 2.44 bits per heavy atom. The molecule has 0 aliphatic rings. The zero-order chi connectivity index (χ0) is 12.2. The first-order valence-corrected chi connectivity index (χ1v) is 4.27. The third-order valence-electron chi connectivity index (χ3n) is 1.78. The Morgan fingerprint density at radius 1 is 1.38 bits per heavy atom. The van der Waals surface area contributed by atoms with Gasteiger partial charge in [-0.2, -0.15) is 8.78 Å². The van der Waals surface area contributed by atoms with Gasteiger partial charge in [0.05, 0.1) is 0 Å². The van der Waals surface area contributed by atoms with Crippen molar-refractivity contribution < 1.29 is 22.4 Å². The summed E-state index contributed by atoms with van der Waals surface area (Å²) in [5, 5.41) is 1.72. The average Bonchev–Trinajstić information content (AvgIpc) is 2.27. The van der Waals surface area contributed by atoms with E-state index < -0.39 is 18.3 Å². The number of carbonyl (C=O) groups is 1. The maximum Gasteiger partial charge on any atom is 0.383 e. The van der Waals surface area contributed by atoms with Crippen molar-refractivity contribution >= 4 is 5.91 Å². The zero-order valence-electron chi connectivity index (χ0n) is 7.96. The van der Waals surface area contributed by atoms with Gasteiger partial charge in [-0.25, -0.2) is 8.78 Å². The van der Waals surface area contributed by atoms with E-state index in [0.29, 0.717) is 5.56 Å². The lowest BCUT2D eigenvalue weighted by Gasteiger charge is -2.14. The number of alkyl halides is 4. The van der Waals surface area contributed by atoms with Gasteiger partial charge in [0.2, 0.25) is 0 Å². The number of pyridine rings is 1. The van der Waals surface area contributed by atoms with E-state index in [-0.39, 0.29) is 6.54 Å². The number of nitrogens with one attached hydrogen (secondary N) is 1. The van der Waals surface area contributed by atoms with Crippen LogP contribution in [0.3, 0.4) is 0 Å². The summed E-state index contributed by atoms with van der Waals surface area (Å²) < 4.78 is 48.5. The van der Waals surface area contributed by atoms with Crippen LogP contribution in [0, 0.1) is 0 Å². The van der Waals surface area contributed by atoms with Gasteiger partial charge < -0.3 is 5.32 Å². The van der Waals surface area contributed by atoms with Crippen LogP contribution in [0.2, 0.25) is 0 Å². The Hall–Kier alpha value is -1.66. The lowest BCUT2D eigenvalue weighted by molar-refractivity contribution is -0.169. The Labute approximate surface area is 88.5 Å². The fourth-order valence-corrected chi connectivity index (χ4v) is 0.900. The molecule has 1 rings (SSSR count). The minimum atomic E-state index is -4.66. The molecular formula is C9H8F4N2O. The Bertz CT molecular complexity index is 356. The van der Waals surface area contributed by atoms with Crippen LogP contribution in [0.1, 0.15) is 5.56 Å². The Kier molecular flexibility index (Phi) is 3.81. The van der Waals surface area contributed by atoms with Crippen LogP contribution in [0.25, 0.3) is 0 Å². The fourth-order valence-electron chi connectivity index (χ4n) is 0.900. The molecule has 1 aromatic rings. The largest absolute Gasteiger partial charge is 0.383 e. The standard InChI is InChI=1S/C9H8F4N2O/c10-7(11)9(12,13)8(16)15-5-6-1-3-14-4-2-6/h1-4,7H,5H2,(H,15,16). The summed E-state index contributed by atoms with van der Waals surface area (Å²) in [6.07, 6.45) is -1.22. The first-order chi connectivity index (χ1) is 7.44. The van der Waals surface area contributed by atoms with E-state index >= 15 is 0 Å². The Morgan fingerprint density at radius 2 is 1.94 bits per heavy atom. The van der Waals surface area contributed by atoms with Crippen LogP contribution >= 0.6 is 0 Å². The molecule has 1 aromatic heterocycles. The van der Waals surface area contributed by atoms with Gasteiger partial charge in [0.15, 0.2) is 0 Å². The highest BCUT2D eigenvalue weighted by molar-refractivity contribution is 5.83. The van der Waals surface area contributed by atoms with Crippen LogP contribution in [0.5, 0.6) is 0 Å². The first kappa shape index (κ1) is 12.4. The lowest BCUT2D eigenvalue weighted by atomic mass is 10.2. The number of halogens is 4. The summed E-state index contributed by atoms with van der Waals surface area (Å²) in [7, 11) is 0. The molecule has 1 heterocycles. The fraction of sp³-hybridized carbons (Fsp3) is 0.333. The molecule has 0 bridgehead atoms. The molecule has 0 saturated carbocycles. The maximum absolute atomic E-state index is 12.5. The smallest absolute Gasteiger partial charge is 0.347 e. The van der Waals surface area contributed by atoms with Gasteiger partial charge in [0, 0.05) is 18.9 Å². The van der Waals surface area contributed by atoms with Crippen molar-refractivity contribution in [2.45, 2.75) is 18.9 Å². The van der Waals surface area contributed by atoms with E-state index in [4.69, 9.17) is 0 Å². The molecule has 7 heteroatoms. The van der Waals surface area contributed by atoms with Gasteiger partial charge in [0.1, 0.15) is 0 Å². The summed E-state index contributed by atoms with van der Waals surface area (Å²) in [6, 6.07) is 2.95. The monoisotopic (exact) mass is 236 g/mol. The quantitative estimate of drug-likeness (QED) is 0.807. The average molecular weight is 236 g/mol.